The predicted molar refractivity (Wildman–Crippen MR) is 258 cm³/mol. The van der Waals surface area contributed by atoms with Crippen molar-refractivity contribution in [3.8, 4) is 67.5 Å². The Kier molecular flexibility index (Phi) is 8.60. The Labute approximate surface area is 360 Å². The average molecular weight is 793 g/mol. The lowest BCUT2D eigenvalue weighted by Crippen LogP contribution is -1.99. The van der Waals surface area contributed by atoms with E-state index in [4.69, 9.17) is 9.97 Å². The summed E-state index contributed by atoms with van der Waals surface area (Å²) in [5.41, 5.74) is 18.3. The van der Waals surface area contributed by atoms with Crippen molar-refractivity contribution in [2.24, 2.45) is 0 Å². The van der Waals surface area contributed by atoms with E-state index in [1.807, 2.05) is 12.1 Å². The lowest BCUT2D eigenvalue weighted by molar-refractivity contribution is 0.967. The van der Waals surface area contributed by atoms with Crippen LogP contribution in [0.25, 0.3) is 106 Å². The first kappa shape index (κ1) is 35.8. The number of hydrogen-bond donors (Lipinski definition) is 0. The molecule has 0 radical (unpaired) electrons. The fourth-order valence-electron chi connectivity index (χ4n) is 9.50. The quantitative estimate of drug-likeness (QED) is 0.161. The van der Waals surface area contributed by atoms with Crippen LogP contribution >= 0.6 is 0 Å². The number of hydrogen-bond acceptors (Lipinski definition) is 2. The minimum absolute atomic E-state index is 0.705. The number of fused-ring (bicyclic) bond motifs is 6. The first-order valence-corrected chi connectivity index (χ1v) is 21.4. The summed E-state index contributed by atoms with van der Waals surface area (Å²) in [6.45, 7) is 0. The highest BCUT2D eigenvalue weighted by atomic mass is 15.0. The Hall–Kier alpha value is -8.08. The zero-order chi connectivity index (χ0) is 41.0. The Bertz CT molecular complexity index is 3410. The molecule has 0 bridgehead atoms. The van der Waals surface area contributed by atoms with Crippen LogP contribution in [0.4, 0.5) is 0 Å². The maximum atomic E-state index is 5.08. The molecule has 0 atom stereocenters. The summed E-state index contributed by atoms with van der Waals surface area (Å²) in [5, 5.41) is 3.80. The minimum Gasteiger partial charge on any atom is -0.310 e. The van der Waals surface area contributed by atoms with Gasteiger partial charge in [0.15, 0.2) is 5.82 Å². The van der Waals surface area contributed by atoms with Gasteiger partial charge in [-0.05, 0) is 95.3 Å². The zero-order valence-electron chi connectivity index (χ0n) is 34.0. The number of rotatable bonds is 7. The Balaban J connectivity index is 0.922. The van der Waals surface area contributed by atoms with E-state index in [-0.39, 0.29) is 0 Å². The van der Waals surface area contributed by atoms with Gasteiger partial charge in [0.25, 0.3) is 0 Å². The van der Waals surface area contributed by atoms with Gasteiger partial charge in [-0.1, -0.05) is 164 Å². The van der Waals surface area contributed by atoms with Crippen molar-refractivity contribution in [1.82, 2.24) is 19.1 Å². The average Bonchev–Trinajstić information content (AvgIpc) is 3.87. The van der Waals surface area contributed by atoms with Gasteiger partial charge in [0.05, 0.1) is 27.9 Å². The summed E-state index contributed by atoms with van der Waals surface area (Å²) in [5.74, 6) is 0.705. The van der Waals surface area contributed by atoms with E-state index in [0.29, 0.717) is 5.82 Å². The second-order valence-corrected chi connectivity index (χ2v) is 16.1. The highest BCUT2D eigenvalue weighted by Gasteiger charge is 2.20. The van der Waals surface area contributed by atoms with E-state index < -0.39 is 0 Å². The molecule has 4 heteroatoms. The number of para-hydroxylation sites is 2. The Morgan fingerprint density at radius 3 is 1.71 bits per heavy atom. The van der Waals surface area contributed by atoms with Crippen molar-refractivity contribution in [3.63, 3.8) is 0 Å². The van der Waals surface area contributed by atoms with Crippen LogP contribution in [0.1, 0.15) is 17.7 Å². The summed E-state index contributed by atoms with van der Waals surface area (Å²) in [6.07, 6.45) is 6.75. The monoisotopic (exact) mass is 792 g/mol. The summed E-state index contributed by atoms with van der Waals surface area (Å²) in [4.78, 5) is 10.2. The first-order valence-electron chi connectivity index (χ1n) is 21.4. The SMILES string of the molecule is C1=Cc2c(c3ccc(-c4ccc(-n5c6ccccc6c6c(-c7ccc(-c8nc(-c9ccccc9)cc(-c9ccccc9)n8)cc7)cccc65)cc4)cc3n2-c2ccccc2)CC1. The molecule has 62 heavy (non-hydrogen) atoms. The Morgan fingerprint density at radius 2 is 0.984 bits per heavy atom. The molecule has 3 aromatic heterocycles. The van der Waals surface area contributed by atoms with Gasteiger partial charge in [0, 0.05) is 49.9 Å². The van der Waals surface area contributed by atoms with Crippen molar-refractivity contribution >= 4 is 38.8 Å². The number of allylic oxidation sites excluding steroid dienone is 1. The van der Waals surface area contributed by atoms with Crippen LogP contribution in [0.3, 0.4) is 0 Å². The van der Waals surface area contributed by atoms with E-state index in [1.165, 1.54) is 66.3 Å². The molecule has 4 nitrogen and oxygen atoms in total. The normalized spacial score (nSPS) is 12.3. The van der Waals surface area contributed by atoms with Gasteiger partial charge in [-0.2, -0.15) is 0 Å². The van der Waals surface area contributed by atoms with Crippen molar-refractivity contribution in [3.05, 3.63) is 224 Å². The minimum atomic E-state index is 0.705. The molecule has 1 aliphatic rings. The van der Waals surface area contributed by atoms with E-state index in [1.54, 1.807) is 0 Å². The van der Waals surface area contributed by atoms with Crippen LogP contribution < -0.4 is 0 Å². The third kappa shape index (κ3) is 6.07. The van der Waals surface area contributed by atoms with Gasteiger partial charge in [-0.15, -0.1) is 0 Å². The number of aromatic nitrogens is 4. The van der Waals surface area contributed by atoms with Crippen LogP contribution in [0.2, 0.25) is 0 Å². The van der Waals surface area contributed by atoms with Crippen LogP contribution in [0.15, 0.2) is 212 Å². The standard InChI is InChI=1S/C58H40N4/c1-4-15-41(16-5-1)51-38-52(42-17-6-2-7-18-42)60-58(59-51)43-29-27-40(28-30-43)47-23-14-26-55-57(47)50-22-11-13-25-54(50)61(55)46-34-31-39(32-35-46)44-33-36-49-48-21-10-12-24-53(48)62(56(49)37-44)45-19-8-3-9-20-45/h1-9,11-20,22-38H,10,21H2. The zero-order valence-corrected chi connectivity index (χ0v) is 34.0. The van der Waals surface area contributed by atoms with Crippen molar-refractivity contribution in [2.45, 2.75) is 12.8 Å². The third-order valence-corrected chi connectivity index (χ3v) is 12.4. The largest absolute Gasteiger partial charge is 0.310 e. The van der Waals surface area contributed by atoms with Crippen LogP contribution in [-0.2, 0) is 6.42 Å². The maximum absolute atomic E-state index is 5.08. The van der Waals surface area contributed by atoms with E-state index in [9.17, 15) is 0 Å². The maximum Gasteiger partial charge on any atom is 0.160 e. The fourth-order valence-corrected chi connectivity index (χ4v) is 9.50. The molecule has 0 aliphatic heterocycles. The molecule has 292 valence electrons. The molecule has 0 saturated heterocycles. The van der Waals surface area contributed by atoms with Gasteiger partial charge in [-0.25, -0.2) is 9.97 Å². The van der Waals surface area contributed by atoms with Crippen LogP contribution in [0, 0.1) is 0 Å². The highest BCUT2D eigenvalue weighted by Crippen LogP contribution is 2.40. The van der Waals surface area contributed by atoms with E-state index >= 15 is 0 Å². The second-order valence-electron chi connectivity index (χ2n) is 16.1. The van der Waals surface area contributed by atoms with Crippen LogP contribution in [-0.4, -0.2) is 19.1 Å². The van der Waals surface area contributed by atoms with Gasteiger partial charge >= 0.3 is 0 Å². The van der Waals surface area contributed by atoms with Crippen LogP contribution in [0.5, 0.6) is 0 Å². The molecule has 11 aromatic rings. The predicted octanol–water partition coefficient (Wildman–Crippen LogP) is 14.8. The molecule has 0 spiro atoms. The summed E-state index contributed by atoms with van der Waals surface area (Å²) < 4.78 is 4.84. The van der Waals surface area contributed by atoms with Gasteiger partial charge in [-0.3, -0.25) is 0 Å². The molecular weight excluding hydrogens is 753 g/mol. The molecule has 0 amide bonds. The summed E-state index contributed by atoms with van der Waals surface area (Å²) >= 11 is 0. The molecule has 8 aromatic carbocycles. The highest BCUT2D eigenvalue weighted by molar-refractivity contribution is 6.15. The summed E-state index contributed by atoms with van der Waals surface area (Å²) in [7, 11) is 0. The van der Waals surface area contributed by atoms with Crippen molar-refractivity contribution < 1.29 is 0 Å². The van der Waals surface area contributed by atoms with Gasteiger partial charge < -0.3 is 9.13 Å². The molecule has 1 aliphatic carbocycles. The van der Waals surface area contributed by atoms with E-state index in [0.717, 1.165) is 52.2 Å². The van der Waals surface area contributed by atoms with Gasteiger partial charge in [0.2, 0.25) is 0 Å². The topological polar surface area (TPSA) is 35.6 Å². The molecule has 3 heterocycles. The van der Waals surface area contributed by atoms with Crippen molar-refractivity contribution in [1.29, 1.82) is 0 Å². The molecule has 12 rings (SSSR count). The van der Waals surface area contributed by atoms with Crippen molar-refractivity contribution in [2.75, 3.05) is 0 Å². The van der Waals surface area contributed by atoms with E-state index in [2.05, 4.69) is 215 Å². The molecular formula is C58H40N4. The number of nitrogens with zero attached hydrogens (tertiary/aromatic N) is 4. The van der Waals surface area contributed by atoms with Gasteiger partial charge in [0.1, 0.15) is 0 Å². The first-order chi connectivity index (χ1) is 30.7. The second kappa shape index (κ2) is 14.9. The molecule has 0 N–H and O–H groups in total. The molecule has 0 fully saturated rings. The number of benzene rings is 8. The number of aryl methyl sites for hydroxylation is 1. The summed E-state index contributed by atoms with van der Waals surface area (Å²) in [6, 6.07) is 73.8. The smallest absolute Gasteiger partial charge is 0.160 e. The lowest BCUT2D eigenvalue weighted by Gasteiger charge is -2.12. The molecule has 0 unspecified atom stereocenters. The molecule has 0 saturated carbocycles. The fraction of sp³-hybridized carbons (Fsp3) is 0.0345. The lowest BCUT2D eigenvalue weighted by atomic mass is 9.98. The Morgan fingerprint density at radius 1 is 0.387 bits per heavy atom. The third-order valence-electron chi connectivity index (χ3n) is 12.4.